The van der Waals surface area contributed by atoms with Gasteiger partial charge in [-0.25, -0.2) is 4.98 Å². The van der Waals surface area contributed by atoms with Crippen LogP contribution in [0.2, 0.25) is 0 Å². The number of imidazole rings is 1. The van der Waals surface area contributed by atoms with Crippen LogP contribution in [-0.2, 0) is 13.6 Å². The fourth-order valence-electron chi connectivity index (χ4n) is 1.79. The summed E-state index contributed by atoms with van der Waals surface area (Å²) >= 11 is 0. The Morgan fingerprint density at radius 1 is 1.37 bits per heavy atom. The average molecular weight is 258 g/mol. The van der Waals surface area contributed by atoms with Crippen molar-refractivity contribution in [3.63, 3.8) is 0 Å². The lowest BCUT2D eigenvalue weighted by Crippen LogP contribution is -2.05. The summed E-state index contributed by atoms with van der Waals surface area (Å²) in [6.07, 6.45) is 4.24. The highest BCUT2D eigenvalue weighted by Gasteiger charge is 2.11. The standard InChI is InChI=1S/C12H11FN6/c1-19-7-16-9-10(17-12(13)18-11(9)19)15-6-8-3-2-4-14-5-8/h2-5,7H,6H2,1H3,(H,15,17,18). The van der Waals surface area contributed by atoms with E-state index in [1.165, 1.54) is 0 Å². The van der Waals surface area contributed by atoms with Gasteiger partial charge in [0.2, 0.25) is 0 Å². The van der Waals surface area contributed by atoms with Crippen molar-refractivity contribution in [3.8, 4) is 0 Å². The molecule has 0 saturated carbocycles. The van der Waals surface area contributed by atoms with E-state index in [-0.39, 0.29) is 0 Å². The highest BCUT2D eigenvalue weighted by atomic mass is 19.1. The molecule has 0 saturated heterocycles. The number of nitrogens with one attached hydrogen (secondary N) is 1. The number of nitrogens with zero attached hydrogens (tertiary/aromatic N) is 5. The van der Waals surface area contributed by atoms with E-state index in [1.54, 1.807) is 30.3 Å². The zero-order valence-corrected chi connectivity index (χ0v) is 10.2. The summed E-state index contributed by atoms with van der Waals surface area (Å²) in [7, 11) is 1.76. The number of pyridine rings is 1. The summed E-state index contributed by atoms with van der Waals surface area (Å²) in [6, 6.07) is 3.76. The topological polar surface area (TPSA) is 68.5 Å². The maximum Gasteiger partial charge on any atom is 0.312 e. The molecule has 0 spiro atoms. The molecule has 0 unspecified atom stereocenters. The monoisotopic (exact) mass is 258 g/mol. The Morgan fingerprint density at radius 3 is 3.05 bits per heavy atom. The molecule has 0 aromatic carbocycles. The van der Waals surface area contributed by atoms with Crippen molar-refractivity contribution >= 4 is 17.0 Å². The molecule has 3 aromatic rings. The van der Waals surface area contributed by atoms with Gasteiger partial charge in [0, 0.05) is 26.0 Å². The van der Waals surface area contributed by atoms with E-state index >= 15 is 0 Å². The SMILES string of the molecule is Cn1cnc2c(NCc3cccnc3)nc(F)nc21. The third kappa shape index (κ3) is 2.22. The Labute approximate surface area is 108 Å². The van der Waals surface area contributed by atoms with Crippen LogP contribution >= 0.6 is 0 Å². The maximum absolute atomic E-state index is 13.4. The van der Waals surface area contributed by atoms with E-state index in [9.17, 15) is 4.39 Å². The molecule has 96 valence electrons. The molecule has 19 heavy (non-hydrogen) atoms. The molecule has 7 heteroatoms. The summed E-state index contributed by atoms with van der Waals surface area (Å²) in [5.74, 6) is 0.381. The first-order valence-electron chi connectivity index (χ1n) is 5.71. The minimum Gasteiger partial charge on any atom is -0.364 e. The predicted molar refractivity (Wildman–Crippen MR) is 67.8 cm³/mol. The second kappa shape index (κ2) is 4.60. The van der Waals surface area contributed by atoms with Gasteiger partial charge in [-0.15, -0.1) is 0 Å². The van der Waals surface area contributed by atoms with Gasteiger partial charge in [-0.05, 0) is 11.6 Å². The van der Waals surface area contributed by atoms with Crippen LogP contribution in [0, 0.1) is 6.08 Å². The molecule has 0 aliphatic carbocycles. The van der Waals surface area contributed by atoms with Gasteiger partial charge in [0.05, 0.1) is 6.33 Å². The fourth-order valence-corrected chi connectivity index (χ4v) is 1.79. The second-order valence-electron chi connectivity index (χ2n) is 4.08. The molecule has 1 N–H and O–H groups in total. The predicted octanol–water partition coefficient (Wildman–Crippen LogP) is 1.51. The van der Waals surface area contributed by atoms with E-state index in [1.807, 2.05) is 12.1 Å². The van der Waals surface area contributed by atoms with E-state index < -0.39 is 6.08 Å². The number of halogens is 1. The van der Waals surface area contributed by atoms with Crippen LogP contribution in [0.3, 0.4) is 0 Å². The molecule has 0 aliphatic rings. The van der Waals surface area contributed by atoms with Gasteiger partial charge in [-0.2, -0.15) is 14.4 Å². The fraction of sp³-hybridized carbons (Fsp3) is 0.167. The minimum atomic E-state index is -0.773. The molecule has 0 amide bonds. The summed E-state index contributed by atoms with van der Waals surface area (Å²) in [4.78, 5) is 15.6. The Kier molecular flexibility index (Phi) is 2.79. The maximum atomic E-state index is 13.4. The quantitative estimate of drug-likeness (QED) is 0.721. The van der Waals surface area contributed by atoms with Gasteiger partial charge in [0.1, 0.15) is 0 Å². The minimum absolute atomic E-state index is 0.381. The van der Waals surface area contributed by atoms with Crippen LogP contribution in [0.25, 0.3) is 11.2 Å². The molecule has 0 atom stereocenters. The molecular weight excluding hydrogens is 247 g/mol. The molecule has 3 heterocycles. The van der Waals surface area contributed by atoms with Crippen LogP contribution in [-0.4, -0.2) is 24.5 Å². The van der Waals surface area contributed by atoms with Crippen molar-refractivity contribution in [1.82, 2.24) is 24.5 Å². The van der Waals surface area contributed by atoms with Crippen molar-refractivity contribution in [3.05, 3.63) is 42.5 Å². The third-order valence-corrected chi connectivity index (χ3v) is 2.72. The number of rotatable bonds is 3. The Hall–Kier alpha value is -2.57. The van der Waals surface area contributed by atoms with Crippen LogP contribution in [0.15, 0.2) is 30.9 Å². The number of aromatic nitrogens is 5. The van der Waals surface area contributed by atoms with Gasteiger partial charge in [0.15, 0.2) is 17.0 Å². The van der Waals surface area contributed by atoms with E-state index in [0.717, 1.165) is 5.56 Å². The van der Waals surface area contributed by atoms with Crippen molar-refractivity contribution in [2.24, 2.45) is 7.05 Å². The highest BCUT2D eigenvalue weighted by Crippen LogP contribution is 2.18. The largest absolute Gasteiger partial charge is 0.364 e. The van der Waals surface area contributed by atoms with Crippen molar-refractivity contribution in [1.29, 1.82) is 0 Å². The van der Waals surface area contributed by atoms with Gasteiger partial charge in [-0.1, -0.05) is 6.07 Å². The van der Waals surface area contributed by atoms with Crippen molar-refractivity contribution in [2.75, 3.05) is 5.32 Å². The van der Waals surface area contributed by atoms with Crippen molar-refractivity contribution < 1.29 is 4.39 Å². The molecule has 0 fully saturated rings. The zero-order chi connectivity index (χ0) is 13.2. The Morgan fingerprint density at radius 2 is 2.26 bits per heavy atom. The molecule has 0 bridgehead atoms. The van der Waals surface area contributed by atoms with Crippen molar-refractivity contribution in [2.45, 2.75) is 6.54 Å². The first-order valence-corrected chi connectivity index (χ1v) is 5.71. The summed E-state index contributed by atoms with van der Waals surface area (Å²) in [5, 5.41) is 3.05. The summed E-state index contributed by atoms with van der Waals surface area (Å²) in [6.45, 7) is 0.496. The Balaban J connectivity index is 1.92. The lowest BCUT2D eigenvalue weighted by molar-refractivity contribution is 0.543. The molecular formula is C12H11FN6. The number of hydrogen-bond acceptors (Lipinski definition) is 5. The first kappa shape index (κ1) is 11.5. The third-order valence-electron chi connectivity index (χ3n) is 2.72. The van der Waals surface area contributed by atoms with Gasteiger partial charge in [0.25, 0.3) is 0 Å². The van der Waals surface area contributed by atoms with Crippen LogP contribution in [0.1, 0.15) is 5.56 Å². The van der Waals surface area contributed by atoms with Gasteiger partial charge >= 0.3 is 6.08 Å². The lowest BCUT2D eigenvalue weighted by Gasteiger charge is -2.06. The number of hydrogen-bond donors (Lipinski definition) is 1. The van der Waals surface area contributed by atoms with E-state index in [0.29, 0.717) is 23.5 Å². The van der Waals surface area contributed by atoms with Crippen LogP contribution < -0.4 is 5.32 Å². The first-order chi connectivity index (χ1) is 9.24. The highest BCUT2D eigenvalue weighted by molar-refractivity contribution is 5.82. The second-order valence-corrected chi connectivity index (χ2v) is 4.08. The Bertz CT molecular complexity index is 709. The molecule has 3 rings (SSSR count). The summed E-state index contributed by atoms with van der Waals surface area (Å²) in [5.41, 5.74) is 1.99. The van der Waals surface area contributed by atoms with E-state index in [4.69, 9.17) is 0 Å². The number of aryl methyl sites for hydroxylation is 1. The van der Waals surface area contributed by atoms with Crippen LogP contribution in [0.4, 0.5) is 10.2 Å². The molecule has 3 aromatic heterocycles. The number of anilines is 1. The van der Waals surface area contributed by atoms with E-state index in [2.05, 4.69) is 25.3 Å². The van der Waals surface area contributed by atoms with Gasteiger partial charge < -0.3 is 9.88 Å². The molecule has 0 aliphatic heterocycles. The normalized spacial score (nSPS) is 10.8. The number of fused-ring (bicyclic) bond motifs is 1. The lowest BCUT2D eigenvalue weighted by atomic mass is 10.3. The van der Waals surface area contributed by atoms with Gasteiger partial charge in [-0.3, -0.25) is 4.98 Å². The summed E-state index contributed by atoms with van der Waals surface area (Å²) < 4.78 is 15.0. The molecule has 0 radical (unpaired) electrons. The molecule has 6 nitrogen and oxygen atoms in total. The average Bonchev–Trinajstić information content (AvgIpc) is 2.79. The zero-order valence-electron chi connectivity index (χ0n) is 10.2. The van der Waals surface area contributed by atoms with Crippen LogP contribution in [0.5, 0.6) is 0 Å². The smallest absolute Gasteiger partial charge is 0.312 e.